The van der Waals surface area contributed by atoms with Gasteiger partial charge in [-0.2, -0.15) is 4.98 Å². The van der Waals surface area contributed by atoms with Crippen LogP contribution in [0.2, 0.25) is 0 Å². The summed E-state index contributed by atoms with van der Waals surface area (Å²) in [5.41, 5.74) is 5.20. The molecule has 0 radical (unpaired) electrons. The van der Waals surface area contributed by atoms with Crippen molar-refractivity contribution < 1.29 is 14.0 Å². The van der Waals surface area contributed by atoms with Gasteiger partial charge in [-0.25, -0.2) is 0 Å². The molecular weight excluding hydrogens is 424 g/mol. The summed E-state index contributed by atoms with van der Waals surface area (Å²) in [5, 5.41) is 13.6. The molecule has 0 atom stereocenters. The molecule has 0 saturated carbocycles. The van der Waals surface area contributed by atoms with E-state index in [1.807, 2.05) is 37.3 Å². The molecule has 0 aliphatic carbocycles. The number of methoxy groups -OCH3 is 1. The Balaban J connectivity index is 1.41. The van der Waals surface area contributed by atoms with Crippen LogP contribution in [0.3, 0.4) is 0 Å². The second-order valence-corrected chi connectivity index (χ2v) is 8.15. The molecule has 0 amide bonds. The fraction of sp³-hybridized carbons (Fsp3) is 0.250. The van der Waals surface area contributed by atoms with Crippen LogP contribution in [0.1, 0.15) is 23.9 Å². The molecule has 0 aliphatic heterocycles. The molecule has 0 saturated heterocycles. The fourth-order valence-electron chi connectivity index (χ4n) is 3.10. The van der Waals surface area contributed by atoms with Crippen molar-refractivity contribution in [3.8, 4) is 34.1 Å². The highest BCUT2D eigenvalue weighted by molar-refractivity contribution is 7.98. The molecular formula is C24H24N4O3S. The number of benzene rings is 2. The average molecular weight is 449 g/mol. The zero-order valence-corrected chi connectivity index (χ0v) is 19.3. The van der Waals surface area contributed by atoms with Crippen molar-refractivity contribution in [1.29, 1.82) is 0 Å². The Labute approximate surface area is 191 Å². The van der Waals surface area contributed by atoms with Gasteiger partial charge in [-0.05, 0) is 68.3 Å². The van der Waals surface area contributed by atoms with Crippen LogP contribution in [-0.4, -0.2) is 34.1 Å². The van der Waals surface area contributed by atoms with Crippen molar-refractivity contribution >= 4 is 11.8 Å². The molecule has 0 N–H and O–H groups in total. The summed E-state index contributed by atoms with van der Waals surface area (Å²) in [7, 11) is 1.60. The lowest BCUT2D eigenvalue weighted by atomic mass is 10.0. The highest BCUT2D eigenvalue weighted by Gasteiger charge is 2.13. The minimum Gasteiger partial charge on any atom is -0.493 e. The first-order valence-corrected chi connectivity index (χ1v) is 11.2. The van der Waals surface area contributed by atoms with Gasteiger partial charge in [0, 0.05) is 11.1 Å². The van der Waals surface area contributed by atoms with Crippen LogP contribution >= 0.6 is 11.8 Å². The maximum Gasteiger partial charge on any atom is 0.237 e. The lowest BCUT2D eigenvalue weighted by molar-refractivity contribution is 0.311. The Hall–Kier alpha value is -3.39. The largest absolute Gasteiger partial charge is 0.493 e. The van der Waals surface area contributed by atoms with Gasteiger partial charge in [0.25, 0.3) is 0 Å². The Bertz CT molecular complexity index is 1210. The van der Waals surface area contributed by atoms with Crippen LogP contribution < -0.4 is 9.47 Å². The Morgan fingerprint density at radius 1 is 0.906 bits per heavy atom. The van der Waals surface area contributed by atoms with E-state index in [2.05, 4.69) is 52.4 Å². The third kappa shape index (κ3) is 4.91. The number of hydrogen-bond acceptors (Lipinski definition) is 8. The van der Waals surface area contributed by atoms with E-state index in [0.717, 1.165) is 21.8 Å². The van der Waals surface area contributed by atoms with E-state index in [4.69, 9.17) is 14.0 Å². The minimum atomic E-state index is 0.498. The molecule has 0 aliphatic rings. The molecule has 4 aromatic rings. The number of hydrogen-bond donors (Lipinski definition) is 0. The lowest BCUT2D eigenvalue weighted by Crippen LogP contribution is -1.95. The smallest absolute Gasteiger partial charge is 0.237 e. The van der Waals surface area contributed by atoms with Crippen LogP contribution in [0, 0.1) is 13.8 Å². The maximum absolute atomic E-state index is 5.55. The highest BCUT2D eigenvalue weighted by atomic mass is 32.2. The van der Waals surface area contributed by atoms with Gasteiger partial charge in [-0.1, -0.05) is 29.1 Å². The van der Waals surface area contributed by atoms with E-state index in [-0.39, 0.29) is 0 Å². The molecule has 8 heteroatoms. The van der Waals surface area contributed by atoms with Crippen molar-refractivity contribution in [2.75, 3.05) is 13.7 Å². The van der Waals surface area contributed by atoms with Crippen LogP contribution in [0.25, 0.3) is 22.6 Å². The lowest BCUT2D eigenvalue weighted by Gasteiger charge is -2.09. The summed E-state index contributed by atoms with van der Waals surface area (Å²) >= 11 is 1.49. The predicted molar refractivity (Wildman–Crippen MR) is 124 cm³/mol. The first-order valence-electron chi connectivity index (χ1n) is 10.3. The van der Waals surface area contributed by atoms with Crippen molar-refractivity contribution in [2.24, 2.45) is 0 Å². The van der Waals surface area contributed by atoms with Crippen LogP contribution in [0.15, 0.2) is 58.1 Å². The molecule has 7 nitrogen and oxygen atoms in total. The van der Waals surface area contributed by atoms with E-state index in [1.54, 1.807) is 7.11 Å². The number of aromatic nitrogens is 4. The van der Waals surface area contributed by atoms with Crippen LogP contribution in [0.5, 0.6) is 11.5 Å². The zero-order valence-electron chi connectivity index (χ0n) is 18.5. The molecule has 0 spiro atoms. The summed E-state index contributed by atoms with van der Waals surface area (Å²) < 4.78 is 16.4. The Morgan fingerprint density at radius 3 is 2.47 bits per heavy atom. The van der Waals surface area contributed by atoms with Gasteiger partial charge < -0.3 is 14.0 Å². The van der Waals surface area contributed by atoms with Crippen LogP contribution in [-0.2, 0) is 5.75 Å². The normalized spacial score (nSPS) is 10.9. The minimum absolute atomic E-state index is 0.498. The zero-order chi connectivity index (χ0) is 22.5. The topological polar surface area (TPSA) is 83.2 Å². The fourth-order valence-corrected chi connectivity index (χ4v) is 3.75. The summed E-state index contributed by atoms with van der Waals surface area (Å²) in [6.07, 6.45) is 0. The second kappa shape index (κ2) is 9.82. The third-order valence-electron chi connectivity index (χ3n) is 4.98. The Morgan fingerprint density at radius 2 is 1.75 bits per heavy atom. The number of ether oxygens (including phenoxy) is 2. The van der Waals surface area contributed by atoms with Gasteiger partial charge in [-0.15, -0.1) is 10.2 Å². The quantitative estimate of drug-likeness (QED) is 0.326. The van der Waals surface area contributed by atoms with Crippen molar-refractivity contribution in [3.05, 3.63) is 65.5 Å². The average Bonchev–Trinajstić information content (AvgIpc) is 3.29. The molecule has 0 fully saturated rings. The maximum atomic E-state index is 5.55. The third-order valence-corrected chi connectivity index (χ3v) is 5.88. The number of nitrogens with zero attached hydrogens (tertiary/aromatic N) is 4. The van der Waals surface area contributed by atoms with E-state index in [1.165, 1.54) is 22.9 Å². The molecule has 2 aromatic carbocycles. The van der Waals surface area contributed by atoms with Gasteiger partial charge in [0.05, 0.1) is 25.2 Å². The first-order chi connectivity index (χ1) is 15.6. The number of thioether (sulfide) groups is 1. The van der Waals surface area contributed by atoms with E-state index in [9.17, 15) is 0 Å². The summed E-state index contributed by atoms with van der Waals surface area (Å²) in [6.45, 7) is 6.68. The predicted octanol–water partition coefficient (Wildman–Crippen LogP) is 5.51. The standard InChI is InChI=1S/C24H24N4O3S/c1-5-30-20-10-8-18(13-21(20)29-4)24-25-22(31-28-24)14-32-23-11-9-19(26-27-23)17-7-6-15(2)16(3)12-17/h6-13H,5,14H2,1-4H3. The van der Waals surface area contributed by atoms with Gasteiger partial charge in [-0.3, -0.25) is 0 Å². The number of rotatable bonds is 8. The molecule has 4 rings (SSSR count). The van der Waals surface area contributed by atoms with E-state index < -0.39 is 0 Å². The highest BCUT2D eigenvalue weighted by Crippen LogP contribution is 2.32. The molecule has 2 heterocycles. The molecule has 32 heavy (non-hydrogen) atoms. The molecule has 164 valence electrons. The van der Waals surface area contributed by atoms with Gasteiger partial charge in [0.2, 0.25) is 11.7 Å². The SMILES string of the molecule is CCOc1ccc(-c2noc(CSc3ccc(-c4ccc(C)c(C)c4)nn3)n2)cc1OC. The monoisotopic (exact) mass is 448 g/mol. The molecule has 2 aromatic heterocycles. The van der Waals surface area contributed by atoms with Crippen molar-refractivity contribution in [2.45, 2.75) is 31.6 Å². The number of aryl methyl sites for hydroxylation is 2. The van der Waals surface area contributed by atoms with E-state index >= 15 is 0 Å². The second-order valence-electron chi connectivity index (χ2n) is 7.15. The molecule has 0 unspecified atom stereocenters. The van der Waals surface area contributed by atoms with Gasteiger partial charge in [0.15, 0.2) is 11.5 Å². The van der Waals surface area contributed by atoms with E-state index in [0.29, 0.717) is 35.6 Å². The van der Waals surface area contributed by atoms with Gasteiger partial charge >= 0.3 is 0 Å². The first kappa shape index (κ1) is 21.8. The summed E-state index contributed by atoms with van der Waals surface area (Å²) in [6, 6.07) is 15.8. The van der Waals surface area contributed by atoms with Crippen molar-refractivity contribution in [1.82, 2.24) is 20.3 Å². The van der Waals surface area contributed by atoms with Gasteiger partial charge in [0.1, 0.15) is 5.03 Å². The Kier molecular flexibility index (Phi) is 6.70. The molecule has 0 bridgehead atoms. The van der Waals surface area contributed by atoms with Crippen LogP contribution in [0.4, 0.5) is 0 Å². The summed E-state index contributed by atoms with van der Waals surface area (Å²) in [5.74, 6) is 2.82. The van der Waals surface area contributed by atoms with Crippen molar-refractivity contribution in [3.63, 3.8) is 0 Å². The summed E-state index contributed by atoms with van der Waals surface area (Å²) in [4.78, 5) is 4.49.